The number of hydrogen-bond donors (Lipinski definition) is 1. The van der Waals surface area contributed by atoms with Gasteiger partial charge in [0, 0.05) is 25.2 Å². The quantitative estimate of drug-likeness (QED) is 0.833. The molecule has 2 heterocycles. The van der Waals surface area contributed by atoms with Gasteiger partial charge in [0.25, 0.3) is 5.91 Å². The number of rotatable bonds is 3. The first-order valence-corrected chi connectivity index (χ1v) is 9.55. The first-order chi connectivity index (χ1) is 13.6. The number of nitrogens with zero attached hydrogens (tertiary/aromatic N) is 1. The van der Waals surface area contributed by atoms with E-state index in [1.807, 2.05) is 42.5 Å². The van der Waals surface area contributed by atoms with Crippen LogP contribution in [-0.4, -0.2) is 41.9 Å². The molecule has 28 heavy (non-hydrogen) atoms. The van der Waals surface area contributed by atoms with Crippen molar-refractivity contribution in [2.75, 3.05) is 18.4 Å². The van der Waals surface area contributed by atoms with Crippen LogP contribution in [0.15, 0.2) is 54.6 Å². The molecule has 0 bridgehead atoms. The lowest BCUT2D eigenvalue weighted by molar-refractivity contribution is -0.143. The van der Waals surface area contributed by atoms with Crippen LogP contribution in [0.25, 0.3) is 0 Å². The van der Waals surface area contributed by atoms with E-state index < -0.39 is 12.1 Å². The van der Waals surface area contributed by atoms with Gasteiger partial charge >= 0.3 is 5.97 Å². The van der Waals surface area contributed by atoms with Crippen molar-refractivity contribution in [3.8, 4) is 0 Å². The van der Waals surface area contributed by atoms with Crippen molar-refractivity contribution < 1.29 is 19.1 Å². The summed E-state index contributed by atoms with van der Waals surface area (Å²) in [5.74, 6) is -1.05. The minimum absolute atomic E-state index is 0.0883. The number of esters is 1. The van der Waals surface area contributed by atoms with Gasteiger partial charge in [-0.05, 0) is 36.6 Å². The number of anilines is 1. The molecule has 6 nitrogen and oxygen atoms in total. The first-order valence-electron chi connectivity index (χ1n) is 9.55. The van der Waals surface area contributed by atoms with Crippen LogP contribution >= 0.6 is 0 Å². The van der Waals surface area contributed by atoms with Gasteiger partial charge in [0.05, 0.1) is 11.5 Å². The molecule has 144 valence electrons. The molecule has 2 aromatic carbocycles. The van der Waals surface area contributed by atoms with Gasteiger partial charge in [-0.3, -0.25) is 9.59 Å². The second-order valence-corrected chi connectivity index (χ2v) is 7.23. The maximum atomic E-state index is 13.0. The van der Waals surface area contributed by atoms with E-state index in [1.165, 1.54) is 0 Å². The van der Waals surface area contributed by atoms with Crippen molar-refractivity contribution in [1.29, 1.82) is 0 Å². The number of likely N-dealkylation sites (tertiary alicyclic amines) is 1. The third-order valence-electron chi connectivity index (χ3n) is 5.31. The summed E-state index contributed by atoms with van der Waals surface area (Å²) in [5.41, 5.74) is 2.09. The molecule has 0 aliphatic carbocycles. The molecule has 4 rings (SSSR count). The number of para-hydroxylation sites is 1. The van der Waals surface area contributed by atoms with Gasteiger partial charge in [-0.2, -0.15) is 0 Å². The second-order valence-electron chi connectivity index (χ2n) is 7.23. The number of hydrogen-bond acceptors (Lipinski definition) is 4. The summed E-state index contributed by atoms with van der Waals surface area (Å²) >= 11 is 0. The Bertz CT molecular complexity index is 896. The van der Waals surface area contributed by atoms with E-state index >= 15 is 0 Å². The Labute approximate surface area is 163 Å². The van der Waals surface area contributed by atoms with Crippen LogP contribution in [-0.2, 0) is 20.7 Å². The lowest BCUT2D eigenvalue weighted by Crippen LogP contribution is -2.50. The Morgan fingerprint density at radius 3 is 2.61 bits per heavy atom. The van der Waals surface area contributed by atoms with Crippen LogP contribution in [0.4, 0.5) is 5.69 Å². The van der Waals surface area contributed by atoms with Crippen LogP contribution in [0.2, 0.25) is 0 Å². The SMILES string of the molecule is O=C1OC(C(=O)N2CCCC(C(=O)Nc3ccccc3)C2)Cc2ccccc21. The number of carbonyl (C=O) groups is 3. The van der Waals surface area contributed by atoms with E-state index in [1.54, 1.807) is 17.0 Å². The molecule has 1 fully saturated rings. The Kier molecular flexibility index (Phi) is 5.10. The largest absolute Gasteiger partial charge is 0.448 e. The number of amides is 2. The van der Waals surface area contributed by atoms with E-state index in [0.29, 0.717) is 25.1 Å². The average Bonchev–Trinajstić information content (AvgIpc) is 2.74. The van der Waals surface area contributed by atoms with Crippen molar-refractivity contribution in [2.24, 2.45) is 5.92 Å². The molecule has 0 saturated carbocycles. The summed E-state index contributed by atoms with van der Waals surface area (Å²) in [5, 5.41) is 2.91. The number of carbonyl (C=O) groups excluding carboxylic acids is 3. The van der Waals surface area contributed by atoms with Crippen molar-refractivity contribution in [3.63, 3.8) is 0 Å². The Balaban J connectivity index is 1.41. The second kappa shape index (κ2) is 7.84. The number of nitrogens with one attached hydrogen (secondary N) is 1. The van der Waals surface area contributed by atoms with Crippen LogP contribution in [0.3, 0.4) is 0 Å². The minimum atomic E-state index is -0.821. The minimum Gasteiger partial charge on any atom is -0.448 e. The van der Waals surface area contributed by atoms with Gasteiger partial charge in [-0.15, -0.1) is 0 Å². The van der Waals surface area contributed by atoms with E-state index in [4.69, 9.17) is 4.74 Å². The number of benzene rings is 2. The van der Waals surface area contributed by atoms with Crippen LogP contribution in [0.5, 0.6) is 0 Å². The molecular formula is C22H22N2O4. The summed E-state index contributed by atoms with van der Waals surface area (Å²) < 4.78 is 5.39. The summed E-state index contributed by atoms with van der Waals surface area (Å²) in [6, 6.07) is 16.5. The molecule has 2 aromatic rings. The van der Waals surface area contributed by atoms with Crippen molar-refractivity contribution in [3.05, 3.63) is 65.7 Å². The highest BCUT2D eigenvalue weighted by Gasteiger charge is 2.36. The highest BCUT2D eigenvalue weighted by molar-refractivity contribution is 5.96. The zero-order chi connectivity index (χ0) is 19.5. The third-order valence-corrected chi connectivity index (χ3v) is 5.31. The lowest BCUT2D eigenvalue weighted by atomic mass is 9.94. The fourth-order valence-electron chi connectivity index (χ4n) is 3.83. The highest BCUT2D eigenvalue weighted by atomic mass is 16.5. The monoisotopic (exact) mass is 378 g/mol. The molecular weight excluding hydrogens is 356 g/mol. The molecule has 2 aliphatic heterocycles. The predicted molar refractivity (Wildman–Crippen MR) is 104 cm³/mol. The van der Waals surface area contributed by atoms with Gasteiger partial charge in [-0.1, -0.05) is 36.4 Å². The molecule has 2 aliphatic rings. The highest BCUT2D eigenvalue weighted by Crippen LogP contribution is 2.24. The van der Waals surface area contributed by atoms with E-state index in [0.717, 1.165) is 24.1 Å². The number of piperidine rings is 1. The average molecular weight is 378 g/mol. The molecule has 1 saturated heterocycles. The van der Waals surface area contributed by atoms with Crippen molar-refractivity contribution in [2.45, 2.75) is 25.4 Å². The summed E-state index contributed by atoms with van der Waals surface area (Å²) in [4.78, 5) is 39.4. The predicted octanol–water partition coefficient (Wildman–Crippen LogP) is 2.65. The van der Waals surface area contributed by atoms with E-state index in [9.17, 15) is 14.4 Å². The van der Waals surface area contributed by atoms with Gasteiger partial charge in [-0.25, -0.2) is 4.79 Å². The van der Waals surface area contributed by atoms with Crippen LogP contribution in [0, 0.1) is 5.92 Å². The lowest BCUT2D eigenvalue weighted by Gasteiger charge is -2.35. The van der Waals surface area contributed by atoms with E-state index in [-0.39, 0.29) is 17.7 Å². The van der Waals surface area contributed by atoms with Crippen molar-refractivity contribution >= 4 is 23.5 Å². The Morgan fingerprint density at radius 2 is 1.79 bits per heavy atom. The van der Waals surface area contributed by atoms with Gasteiger partial charge in [0.1, 0.15) is 0 Å². The Morgan fingerprint density at radius 1 is 1.04 bits per heavy atom. The number of fused-ring (bicyclic) bond motifs is 1. The molecule has 0 aromatic heterocycles. The number of ether oxygens (including phenoxy) is 1. The molecule has 6 heteroatoms. The molecule has 1 N–H and O–H groups in total. The summed E-state index contributed by atoms with van der Waals surface area (Å²) in [6.45, 7) is 0.914. The van der Waals surface area contributed by atoms with Crippen LogP contribution in [0.1, 0.15) is 28.8 Å². The zero-order valence-electron chi connectivity index (χ0n) is 15.5. The standard InChI is InChI=1S/C22H22N2O4/c25-20(23-17-9-2-1-3-10-17)16-8-6-12-24(14-16)21(26)19-13-15-7-4-5-11-18(15)22(27)28-19/h1-5,7,9-11,16,19H,6,8,12-14H2,(H,23,25). The third kappa shape index (κ3) is 3.76. The number of cyclic esters (lactones) is 1. The maximum Gasteiger partial charge on any atom is 0.339 e. The zero-order valence-corrected chi connectivity index (χ0v) is 15.5. The Hall–Kier alpha value is -3.15. The topological polar surface area (TPSA) is 75.7 Å². The first kappa shape index (κ1) is 18.2. The normalized spacial score (nSPS) is 21.4. The molecule has 2 atom stereocenters. The summed E-state index contributed by atoms with van der Waals surface area (Å²) in [7, 11) is 0. The summed E-state index contributed by atoms with van der Waals surface area (Å²) in [6.07, 6.45) is 1.03. The van der Waals surface area contributed by atoms with E-state index in [2.05, 4.69) is 5.32 Å². The van der Waals surface area contributed by atoms with Crippen LogP contribution < -0.4 is 5.32 Å². The smallest absolute Gasteiger partial charge is 0.339 e. The molecule has 2 amide bonds. The van der Waals surface area contributed by atoms with Gasteiger partial charge < -0.3 is 15.0 Å². The molecule has 2 unspecified atom stereocenters. The van der Waals surface area contributed by atoms with Crippen molar-refractivity contribution in [1.82, 2.24) is 4.90 Å². The van der Waals surface area contributed by atoms with Gasteiger partial charge in [0.2, 0.25) is 5.91 Å². The van der Waals surface area contributed by atoms with Gasteiger partial charge in [0.15, 0.2) is 6.10 Å². The fraction of sp³-hybridized carbons (Fsp3) is 0.318. The molecule has 0 spiro atoms. The maximum absolute atomic E-state index is 13.0. The molecule has 0 radical (unpaired) electrons. The fourth-order valence-corrected chi connectivity index (χ4v) is 3.83.